The highest BCUT2D eigenvalue weighted by molar-refractivity contribution is 5.75. The summed E-state index contributed by atoms with van der Waals surface area (Å²) in [6.45, 7) is 0.0703. The maximum Gasteiger partial charge on any atom is 0.490 e. The monoisotopic (exact) mass is 200 g/mol. The average molecular weight is 200 g/mol. The summed E-state index contributed by atoms with van der Waals surface area (Å²) >= 11 is 0. The first-order valence-electron chi connectivity index (χ1n) is 3.47. The van der Waals surface area contributed by atoms with Gasteiger partial charge in [0, 0.05) is 0 Å². The number of hydrogen-bond acceptors (Lipinski definition) is 4. The third-order valence-corrected chi connectivity index (χ3v) is 1.27. The van der Waals surface area contributed by atoms with Crippen LogP contribution in [0.5, 0.6) is 0 Å². The molecular weight excluding hydrogens is 193 g/mol. The van der Waals surface area contributed by atoms with Gasteiger partial charge in [-0.05, 0) is 0 Å². The van der Waals surface area contributed by atoms with Crippen molar-refractivity contribution in [1.82, 2.24) is 0 Å². The van der Waals surface area contributed by atoms with Crippen molar-refractivity contribution in [3.63, 3.8) is 0 Å². The van der Waals surface area contributed by atoms with Gasteiger partial charge in [0.2, 0.25) is 0 Å². The summed E-state index contributed by atoms with van der Waals surface area (Å²) in [7, 11) is 0. The summed E-state index contributed by atoms with van der Waals surface area (Å²) in [4.78, 5) is 10.2. The average Bonchev–Trinajstić information content (AvgIpc) is 2.50. The number of alkyl halides is 3. The lowest BCUT2D eigenvalue weighted by molar-refractivity contribution is -0.207. The highest BCUT2D eigenvalue weighted by Gasteiger charge is 2.41. The molecule has 1 fully saturated rings. The molecule has 4 nitrogen and oxygen atoms in total. The number of hydrogen-bond donors (Lipinski definition) is 0. The molecule has 1 saturated heterocycles. The van der Waals surface area contributed by atoms with Crippen molar-refractivity contribution in [2.75, 3.05) is 19.8 Å². The smallest absolute Gasteiger partial charge is 0.454 e. The predicted molar refractivity (Wildman–Crippen MR) is 32.7 cm³/mol. The Morgan fingerprint density at radius 2 is 1.92 bits per heavy atom. The predicted octanol–water partition coefficient (Wildman–Crippen LogP) is 0.465. The van der Waals surface area contributed by atoms with Crippen LogP contribution in [-0.2, 0) is 19.0 Å². The number of halogens is 3. The first-order valence-corrected chi connectivity index (χ1v) is 3.47. The third kappa shape index (κ3) is 3.19. The van der Waals surface area contributed by atoms with Crippen LogP contribution in [0.1, 0.15) is 0 Å². The van der Waals surface area contributed by atoms with Gasteiger partial charge in [-0.15, -0.1) is 0 Å². The SMILES string of the molecule is O=C(OCC1OCCO1)C(F)(F)F. The lowest BCUT2D eigenvalue weighted by Gasteiger charge is -2.10. The van der Waals surface area contributed by atoms with E-state index in [0.29, 0.717) is 13.2 Å². The summed E-state index contributed by atoms with van der Waals surface area (Å²) in [6, 6.07) is 0. The molecule has 0 N–H and O–H groups in total. The fraction of sp³-hybridized carbons (Fsp3) is 0.833. The molecule has 0 amide bonds. The number of rotatable bonds is 2. The standard InChI is InChI=1S/C6H7F3O4/c7-6(8,9)5(10)13-3-4-11-1-2-12-4/h4H,1-3H2. The van der Waals surface area contributed by atoms with E-state index in [2.05, 4.69) is 4.74 Å². The summed E-state index contributed by atoms with van der Waals surface area (Å²) in [5.74, 6) is -2.23. The Bertz CT molecular complexity index is 185. The quantitative estimate of drug-likeness (QED) is 0.607. The van der Waals surface area contributed by atoms with E-state index >= 15 is 0 Å². The van der Waals surface area contributed by atoms with E-state index in [1.807, 2.05) is 0 Å². The first kappa shape index (κ1) is 10.3. The van der Waals surface area contributed by atoms with Crippen LogP contribution in [-0.4, -0.2) is 38.3 Å². The summed E-state index contributed by atoms with van der Waals surface area (Å²) in [5, 5.41) is 0. The summed E-state index contributed by atoms with van der Waals surface area (Å²) < 4.78 is 48.1. The van der Waals surface area contributed by atoms with Gasteiger partial charge in [-0.3, -0.25) is 0 Å². The minimum Gasteiger partial charge on any atom is -0.454 e. The summed E-state index contributed by atoms with van der Waals surface area (Å²) in [5.41, 5.74) is 0. The highest BCUT2D eigenvalue weighted by Crippen LogP contribution is 2.17. The van der Waals surface area contributed by atoms with Crippen molar-refractivity contribution in [3.8, 4) is 0 Å². The van der Waals surface area contributed by atoms with Gasteiger partial charge < -0.3 is 14.2 Å². The maximum absolute atomic E-state index is 11.6. The Balaban J connectivity index is 2.22. The molecule has 1 rings (SSSR count). The number of ether oxygens (including phenoxy) is 3. The highest BCUT2D eigenvalue weighted by atomic mass is 19.4. The van der Waals surface area contributed by atoms with Crippen LogP contribution in [0.25, 0.3) is 0 Å². The normalized spacial score (nSPS) is 19.0. The third-order valence-electron chi connectivity index (χ3n) is 1.27. The minimum absolute atomic E-state index is 0.300. The molecular formula is C6H7F3O4. The van der Waals surface area contributed by atoms with Crippen LogP contribution in [0.4, 0.5) is 13.2 Å². The molecule has 0 spiro atoms. The molecule has 0 atom stereocenters. The van der Waals surface area contributed by atoms with E-state index in [4.69, 9.17) is 9.47 Å². The molecule has 0 unspecified atom stereocenters. The fourth-order valence-corrected chi connectivity index (χ4v) is 0.729. The second-order valence-corrected chi connectivity index (χ2v) is 2.27. The molecule has 76 valence electrons. The summed E-state index contributed by atoms with van der Waals surface area (Å²) in [6.07, 6.45) is -5.83. The van der Waals surface area contributed by atoms with E-state index in [1.165, 1.54) is 0 Å². The molecule has 0 aromatic rings. The van der Waals surface area contributed by atoms with Crippen molar-refractivity contribution < 1.29 is 32.2 Å². The molecule has 0 bridgehead atoms. The minimum atomic E-state index is -4.96. The van der Waals surface area contributed by atoms with Crippen LogP contribution in [0.2, 0.25) is 0 Å². The largest absolute Gasteiger partial charge is 0.490 e. The number of carbonyl (C=O) groups is 1. The van der Waals surface area contributed by atoms with Crippen molar-refractivity contribution in [3.05, 3.63) is 0 Å². The molecule has 0 aliphatic carbocycles. The molecule has 0 saturated carbocycles. The van der Waals surface area contributed by atoms with Crippen LogP contribution in [0.15, 0.2) is 0 Å². The zero-order chi connectivity index (χ0) is 9.90. The van der Waals surface area contributed by atoms with Crippen molar-refractivity contribution in [2.45, 2.75) is 12.5 Å². The van der Waals surface area contributed by atoms with Crippen molar-refractivity contribution >= 4 is 5.97 Å². The Hall–Kier alpha value is -0.820. The maximum atomic E-state index is 11.6. The molecule has 1 aliphatic heterocycles. The van der Waals surface area contributed by atoms with Gasteiger partial charge in [0.25, 0.3) is 0 Å². The van der Waals surface area contributed by atoms with Gasteiger partial charge in [-0.2, -0.15) is 13.2 Å². The Labute approximate surface area is 71.6 Å². The molecule has 13 heavy (non-hydrogen) atoms. The lowest BCUT2D eigenvalue weighted by atomic mass is 10.6. The molecule has 0 radical (unpaired) electrons. The van der Waals surface area contributed by atoms with Crippen LogP contribution in [0.3, 0.4) is 0 Å². The van der Waals surface area contributed by atoms with Gasteiger partial charge in [0.1, 0.15) is 6.61 Å². The van der Waals surface area contributed by atoms with Gasteiger partial charge in [0.15, 0.2) is 6.29 Å². The van der Waals surface area contributed by atoms with Gasteiger partial charge >= 0.3 is 12.1 Å². The molecule has 1 heterocycles. The van der Waals surface area contributed by atoms with Gasteiger partial charge in [-0.1, -0.05) is 0 Å². The van der Waals surface area contributed by atoms with Crippen molar-refractivity contribution in [2.24, 2.45) is 0 Å². The fourth-order valence-electron chi connectivity index (χ4n) is 0.729. The molecule has 0 aromatic heterocycles. The Kier molecular flexibility index (Phi) is 3.10. The lowest BCUT2D eigenvalue weighted by Crippen LogP contribution is -2.29. The van der Waals surface area contributed by atoms with Crippen LogP contribution < -0.4 is 0 Å². The van der Waals surface area contributed by atoms with E-state index < -0.39 is 25.0 Å². The molecule has 0 aromatic carbocycles. The van der Waals surface area contributed by atoms with E-state index in [-0.39, 0.29) is 0 Å². The molecule has 7 heteroatoms. The number of carbonyl (C=O) groups excluding carboxylic acids is 1. The van der Waals surface area contributed by atoms with E-state index in [1.54, 1.807) is 0 Å². The van der Waals surface area contributed by atoms with E-state index in [9.17, 15) is 18.0 Å². The second kappa shape index (κ2) is 3.93. The van der Waals surface area contributed by atoms with Gasteiger partial charge in [0.05, 0.1) is 13.2 Å². The van der Waals surface area contributed by atoms with Crippen LogP contribution >= 0.6 is 0 Å². The Morgan fingerprint density at radius 1 is 1.38 bits per heavy atom. The van der Waals surface area contributed by atoms with Gasteiger partial charge in [-0.25, -0.2) is 4.79 Å². The zero-order valence-corrected chi connectivity index (χ0v) is 6.47. The molecule has 1 aliphatic rings. The Morgan fingerprint density at radius 3 is 2.38 bits per heavy atom. The zero-order valence-electron chi connectivity index (χ0n) is 6.47. The van der Waals surface area contributed by atoms with E-state index in [0.717, 1.165) is 0 Å². The van der Waals surface area contributed by atoms with Crippen LogP contribution in [0, 0.1) is 0 Å². The topological polar surface area (TPSA) is 44.8 Å². The number of esters is 1. The second-order valence-electron chi connectivity index (χ2n) is 2.27. The first-order chi connectivity index (χ1) is 6.00. The van der Waals surface area contributed by atoms with Crippen molar-refractivity contribution in [1.29, 1.82) is 0 Å².